The molecule has 2 N–H and O–H groups in total. The molecule has 2 aromatic carbocycles. The van der Waals surface area contributed by atoms with Gasteiger partial charge in [0, 0.05) is 16.1 Å². The normalized spacial score (nSPS) is 10.2. The number of hydrogen-bond donors (Lipinski definition) is 2. The first kappa shape index (κ1) is 17.0. The minimum Gasteiger partial charge on any atom is -0.273 e. The van der Waals surface area contributed by atoms with Crippen LogP contribution in [0.25, 0.3) is 0 Å². The van der Waals surface area contributed by atoms with E-state index < -0.39 is 17.6 Å². The van der Waals surface area contributed by atoms with Gasteiger partial charge in [-0.15, -0.1) is 0 Å². The summed E-state index contributed by atoms with van der Waals surface area (Å²) in [6.07, 6.45) is 0.614. The highest BCUT2D eigenvalue weighted by Crippen LogP contribution is 2.19. The molecular weight excluding hydrogens is 319 g/mol. The van der Waals surface area contributed by atoms with E-state index in [1.807, 2.05) is 19.1 Å². The fraction of sp³-hybridized carbons (Fsp3) is 0.176. The number of hydrogen-bond acceptors (Lipinski definition) is 2. The van der Waals surface area contributed by atoms with E-state index in [-0.39, 0.29) is 17.0 Å². The maximum absolute atomic E-state index is 13.6. The Morgan fingerprint density at radius 3 is 2.39 bits per heavy atom. The van der Waals surface area contributed by atoms with Gasteiger partial charge in [-0.1, -0.05) is 36.7 Å². The van der Waals surface area contributed by atoms with E-state index in [0.717, 1.165) is 12.0 Å². The second-order valence-electron chi connectivity index (χ2n) is 4.93. The van der Waals surface area contributed by atoms with E-state index >= 15 is 0 Å². The lowest BCUT2D eigenvalue weighted by atomic mass is 10.1. The van der Waals surface area contributed by atoms with Gasteiger partial charge in [-0.2, -0.15) is 0 Å². The van der Waals surface area contributed by atoms with E-state index in [2.05, 4.69) is 10.9 Å². The minimum atomic E-state index is -0.561. The lowest BCUT2D eigenvalue weighted by molar-refractivity contribution is -0.121. The van der Waals surface area contributed by atoms with Crippen molar-refractivity contribution in [1.29, 1.82) is 0 Å². The molecule has 23 heavy (non-hydrogen) atoms. The zero-order valence-electron chi connectivity index (χ0n) is 12.5. The van der Waals surface area contributed by atoms with Crippen molar-refractivity contribution < 1.29 is 14.0 Å². The third-order valence-electron chi connectivity index (χ3n) is 3.34. The predicted molar refractivity (Wildman–Crippen MR) is 86.5 cm³/mol. The van der Waals surface area contributed by atoms with Crippen LogP contribution in [0.2, 0.25) is 5.02 Å². The fourth-order valence-electron chi connectivity index (χ4n) is 2.00. The number of carbonyl (C=O) groups excluding carboxylic acids is 2. The van der Waals surface area contributed by atoms with Crippen molar-refractivity contribution >= 4 is 23.4 Å². The molecule has 0 fully saturated rings. The number of rotatable bonds is 4. The van der Waals surface area contributed by atoms with Gasteiger partial charge in [0.1, 0.15) is 5.82 Å². The highest BCUT2D eigenvalue weighted by Gasteiger charge is 2.13. The summed E-state index contributed by atoms with van der Waals surface area (Å²) >= 11 is 5.85. The summed E-state index contributed by atoms with van der Waals surface area (Å²) in [5.41, 5.74) is 6.16. The van der Waals surface area contributed by atoms with Crippen molar-refractivity contribution in [1.82, 2.24) is 10.9 Å². The van der Waals surface area contributed by atoms with Crippen molar-refractivity contribution in [3.8, 4) is 0 Å². The Kier molecular flexibility index (Phi) is 5.71. The van der Waals surface area contributed by atoms with Crippen LogP contribution in [0.3, 0.4) is 0 Å². The molecule has 0 aliphatic rings. The fourth-order valence-corrected chi connectivity index (χ4v) is 2.23. The van der Waals surface area contributed by atoms with Crippen LogP contribution >= 0.6 is 11.6 Å². The van der Waals surface area contributed by atoms with Gasteiger partial charge in [0.05, 0.1) is 6.42 Å². The van der Waals surface area contributed by atoms with Gasteiger partial charge in [0.25, 0.3) is 5.91 Å². The second kappa shape index (κ2) is 7.74. The maximum atomic E-state index is 13.6. The molecule has 0 atom stereocenters. The Morgan fingerprint density at radius 2 is 1.78 bits per heavy atom. The van der Waals surface area contributed by atoms with Crippen LogP contribution in [-0.4, -0.2) is 11.8 Å². The summed E-state index contributed by atoms with van der Waals surface area (Å²) in [5.74, 6) is -1.56. The Balaban J connectivity index is 1.92. The molecule has 2 aromatic rings. The number of nitrogens with one attached hydrogen (secondary N) is 2. The van der Waals surface area contributed by atoms with E-state index in [1.54, 1.807) is 12.1 Å². The Morgan fingerprint density at radius 1 is 1.09 bits per heavy atom. The Labute approximate surface area is 138 Å². The molecule has 6 heteroatoms. The molecule has 0 bridgehead atoms. The molecule has 0 aromatic heterocycles. The quantitative estimate of drug-likeness (QED) is 0.844. The SMILES string of the molecule is CCc1ccc(C(=O)NNC(=O)Cc2c(F)cccc2Cl)cc1. The van der Waals surface area contributed by atoms with Crippen molar-refractivity contribution in [3.05, 3.63) is 70.0 Å². The number of aryl methyl sites for hydroxylation is 1. The Hall–Kier alpha value is -2.40. The Bertz CT molecular complexity index is 697. The van der Waals surface area contributed by atoms with Gasteiger partial charge in [0.15, 0.2) is 0 Å². The predicted octanol–water partition coefficient (Wildman–Crippen LogP) is 3.05. The van der Waals surface area contributed by atoms with Gasteiger partial charge in [-0.05, 0) is 36.2 Å². The van der Waals surface area contributed by atoms with E-state index in [0.29, 0.717) is 5.56 Å². The van der Waals surface area contributed by atoms with Crippen LogP contribution in [-0.2, 0) is 17.6 Å². The molecule has 2 rings (SSSR count). The third kappa shape index (κ3) is 4.53. The maximum Gasteiger partial charge on any atom is 0.269 e. The van der Waals surface area contributed by atoms with Crippen LogP contribution < -0.4 is 10.9 Å². The van der Waals surface area contributed by atoms with Crippen LogP contribution in [0, 0.1) is 5.82 Å². The number of benzene rings is 2. The molecule has 4 nitrogen and oxygen atoms in total. The average molecular weight is 335 g/mol. The minimum absolute atomic E-state index is 0.0909. The first-order valence-electron chi connectivity index (χ1n) is 7.12. The first-order chi connectivity index (χ1) is 11.0. The zero-order valence-corrected chi connectivity index (χ0v) is 13.3. The average Bonchev–Trinajstić information content (AvgIpc) is 2.56. The molecule has 0 unspecified atom stereocenters. The summed E-state index contributed by atoms with van der Waals surface area (Å²) in [5, 5.41) is 0.168. The number of carbonyl (C=O) groups is 2. The monoisotopic (exact) mass is 334 g/mol. The van der Waals surface area contributed by atoms with Gasteiger partial charge >= 0.3 is 0 Å². The molecule has 2 amide bonds. The topological polar surface area (TPSA) is 58.2 Å². The summed E-state index contributed by atoms with van der Waals surface area (Å²) in [7, 11) is 0. The van der Waals surface area contributed by atoms with E-state index in [4.69, 9.17) is 11.6 Å². The molecule has 0 saturated heterocycles. The van der Waals surface area contributed by atoms with Crippen LogP contribution in [0.15, 0.2) is 42.5 Å². The standard InChI is InChI=1S/C17H16ClFN2O2/c1-2-11-6-8-12(9-7-11)17(23)21-20-16(22)10-13-14(18)4-3-5-15(13)19/h3-9H,2,10H2,1H3,(H,20,22)(H,21,23). The second-order valence-corrected chi connectivity index (χ2v) is 5.34. The molecule has 0 heterocycles. The van der Waals surface area contributed by atoms with Crippen LogP contribution in [0.5, 0.6) is 0 Å². The highest BCUT2D eigenvalue weighted by atomic mass is 35.5. The van der Waals surface area contributed by atoms with Gasteiger partial charge in [0.2, 0.25) is 5.91 Å². The van der Waals surface area contributed by atoms with Crippen LogP contribution in [0.4, 0.5) is 4.39 Å². The lowest BCUT2D eigenvalue weighted by Crippen LogP contribution is -2.42. The van der Waals surface area contributed by atoms with Crippen molar-refractivity contribution in [2.75, 3.05) is 0 Å². The molecule has 0 saturated carbocycles. The molecule has 0 aliphatic heterocycles. The molecule has 0 aliphatic carbocycles. The van der Waals surface area contributed by atoms with Crippen molar-refractivity contribution in [3.63, 3.8) is 0 Å². The van der Waals surface area contributed by atoms with Crippen molar-refractivity contribution in [2.24, 2.45) is 0 Å². The smallest absolute Gasteiger partial charge is 0.269 e. The lowest BCUT2D eigenvalue weighted by Gasteiger charge is -2.09. The largest absolute Gasteiger partial charge is 0.273 e. The van der Waals surface area contributed by atoms with Crippen molar-refractivity contribution in [2.45, 2.75) is 19.8 Å². The summed E-state index contributed by atoms with van der Waals surface area (Å²) in [6, 6.07) is 11.2. The summed E-state index contributed by atoms with van der Waals surface area (Å²) < 4.78 is 13.6. The summed E-state index contributed by atoms with van der Waals surface area (Å²) in [6.45, 7) is 2.02. The van der Waals surface area contributed by atoms with Gasteiger partial charge < -0.3 is 0 Å². The van der Waals surface area contributed by atoms with Gasteiger partial charge in [-0.3, -0.25) is 20.4 Å². The molecule has 0 spiro atoms. The van der Waals surface area contributed by atoms with E-state index in [9.17, 15) is 14.0 Å². The third-order valence-corrected chi connectivity index (χ3v) is 3.69. The van der Waals surface area contributed by atoms with Gasteiger partial charge in [-0.25, -0.2) is 4.39 Å². The molecule has 120 valence electrons. The zero-order chi connectivity index (χ0) is 16.8. The molecular formula is C17H16ClFN2O2. The van der Waals surface area contributed by atoms with E-state index in [1.165, 1.54) is 18.2 Å². The van der Waals surface area contributed by atoms with Crippen LogP contribution in [0.1, 0.15) is 28.4 Å². The number of hydrazine groups is 1. The first-order valence-corrected chi connectivity index (χ1v) is 7.50. The number of amides is 2. The summed E-state index contributed by atoms with van der Waals surface area (Å²) in [4.78, 5) is 23.7. The highest BCUT2D eigenvalue weighted by molar-refractivity contribution is 6.31. The number of halogens is 2. The molecule has 0 radical (unpaired) electrons.